The molecule has 0 atom stereocenters. The Balaban J connectivity index is 1.59. The molecular weight excluding hydrogens is 404 g/mol. The number of aromatic nitrogens is 2. The van der Waals surface area contributed by atoms with Gasteiger partial charge in [0.05, 0.1) is 22.9 Å². The van der Waals surface area contributed by atoms with Crippen molar-refractivity contribution in [2.24, 2.45) is 4.99 Å². The van der Waals surface area contributed by atoms with E-state index in [1.54, 1.807) is 0 Å². The molecule has 6 nitrogen and oxygen atoms in total. The van der Waals surface area contributed by atoms with Gasteiger partial charge in [-0.25, -0.2) is 9.97 Å². The average Bonchev–Trinajstić information content (AvgIpc) is 3.18. The number of amides is 2. The van der Waals surface area contributed by atoms with Crippen molar-refractivity contribution >= 4 is 40.5 Å². The summed E-state index contributed by atoms with van der Waals surface area (Å²) in [4.78, 5) is 36.5. The zero-order valence-electron chi connectivity index (χ0n) is 15.2. The minimum Gasteiger partial charge on any atom is -0.304 e. The second-order valence-electron chi connectivity index (χ2n) is 6.09. The summed E-state index contributed by atoms with van der Waals surface area (Å²) in [6.07, 6.45) is 0. The lowest BCUT2D eigenvalue weighted by atomic mass is 10.1. The van der Waals surface area contributed by atoms with E-state index >= 15 is 0 Å². The Morgan fingerprint density at radius 2 is 1.59 bits per heavy atom. The molecule has 2 aromatic carbocycles. The zero-order chi connectivity index (χ0) is 20.1. The molecule has 0 saturated carbocycles. The van der Waals surface area contributed by atoms with Gasteiger partial charge in [-0.2, -0.15) is 4.99 Å². The second kappa shape index (κ2) is 9.02. The van der Waals surface area contributed by atoms with Gasteiger partial charge < -0.3 is 5.32 Å². The molecule has 1 aliphatic rings. The number of rotatable bonds is 5. The summed E-state index contributed by atoms with van der Waals surface area (Å²) in [7, 11) is 0. The molecule has 0 aliphatic carbocycles. The third-order valence-electron chi connectivity index (χ3n) is 3.98. The molecule has 1 fully saturated rings. The van der Waals surface area contributed by atoms with Gasteiger partial charge >= 0.3 is 0 Å². The fraction of sp³-hybridized carbons (Fsp3) is 0.0952. The van der Waals surface area contributed by atoms with Crippen LogP contribution in [0.15, 0.2) is 76.9 Å². The summed E-state index contributed by atoms with van der Waals surface area (Å²) >= 11 is 2.46. The van der Waals surface area contributed by atoms with E-state index in [9.17, 15) is 9.59 Å². The molecule has 0 radical (unpaired) electrons. The van der Waals surface area contributed by atoms with Crippen LogP contribution in [0.25, 0.3) is 22.5 Å². The molecule has 1 aromatic heterocycles. The molecule has 29 heavy (non-hydrogen) atoms. The Kier molecular flexibility index (Phi) is 6.02. The Bertz CT molecular complexity index is 1010. The minimum atomic E-state index is -0.338. The number of benzene rings is 2. The highest BCUT2D eigenvalue weighted by Crippen LogP contribution is 2.27. The minimum absolute atomic E-state index is 0.0897. The highest BCUT2D eigenvalue weighted by atomic mass is 32.2. The van der Waals surface area contributed by atoms with Crippen molar-refractivity contribution < 1.29 is 9.59 Å². The normalized spacial score (nSPS) is 14.8. The molecular formula is C21H16N4O2S2. The Hall–Kier alpha value is -2.97. The quantitative estimate of drug-likeness (QED) is 0.501. The van der Waals surface area contributed by atoms with Gasteiger partial charge in [0, 0.05) is 11.1 Å². The SMILES string of the molecule is O=C(CSc1nc(-c2ccccc2)cc(-c2ccccc2)n1)N=C1NC(=O)CS1. The first kappa shape index (κ1) is 19.4. The van der Waals surface area contributed by atoms with Crippen LogP contribution >= 0.6 is 23.5 Å². The van der Waals surface area contributed by atoms with Crippen LogP contribution in [-0.4, -0.2) is 38.5 Å². The van der Waals surface area contributed by atoms with Crippen LogP contribution in [0.1, 0.15) is 0 Å². The van der Waals surface area contributed by atoms with Gasteiger partial charge in [0.1, 0.15) is 0 Å². The van der Waals surface area contributed by atoms with Gasteiger partial charge in [-0.05, 0) is 6.07 Å². The number of hydrogen-bond donors (Lipinski definition) is 1. The van der Waals surface area contributed by atoms with Gasteiger partial charge in [-0.1, -0.05) is 84.2 Å². The number of nitrogens with zero attached hydrogens (tertiary/aromatic N) is 3. The molecule has 144 valence electrons. The lowest BCUT2D eigenvalue weighted by Gasteiger charge is -2.08. The van der Waals surface area contributed by atoms with Crippen molar-refractivity contribution in [3.63, 3.8) is 0 Å². The van der Waals surface area contributed by atoms with E-state index in [1.807, 2.05) is 66.7 Å². The molecule has 2 heterocycles. The summed E-state index contributed by atoms with van der Waals surface area (Å²) in [6.45, 7) is 0. The van der Waals surface area contributed by atoms with Crippen molar-refractivity contribution in [2.75, 3.05) is 11.5 Å². The standard InChI is InChI=1S/C21H16N4O2S2/c26-18(24-21-25-19(27)13-29-21)12-28-20-22-16(14-7-3-1-4-8-14)11-17(23-20)15-9-5-2-6-10-15/h1-11H,12-13H2,(H,24,25,26,27). The number of carbonyl (C=O) groups is 2. The smallest absolute Gasteiger partial charge is 0.258 e. The molecule has 4 rings (SSSR count). The fourth-order valence-corrected chi connectivity index (χ4v) is 4.00. The van der Waals surface area contributed by atoms with Crippen molar-refractivity contribution in [1.29, 1.82) is 0 Å². The number of carbonyl (C=O) groups excluding carboxylic acids is 2. The van der Waals surface area contributed by atoms with Gasteiger partial charge in [-0.15, -0.1) is 0 Å². The Labute approximate surface area is 176 Å². The highest BCUT2D eigenvalue weighted by Gasteiger charge is 2.18. The summed E-state index contributed by atoms with van der Waals surface area (Å²) < 4.78 is 0. The van der Waals surface area contributed by atoms with Crippen LogP contribution in [0.4, 0.5) is 0 Å². The predicted octanol–water partition coefficient (Wildman–Crippen LogP) is 3.65. The predicted molar refractivity (Wildman–Crippen MR) is 117 cm³/mol. The molecule has 0 unspecified atom stereocenters. The lowest BCUT2D eigenvalue weighted by molar-refractivity contribution is -0.116. The molecule has 1 saturated heterocycles. The maximum absolute atomic E-state index is 12.2. The number of amidine groups is 1. The van der Waals surface area contributed by atoms with Crippen molar-refractivity contribution in [3.8, 4) is 22.5 Å². The molecule has 1 N–H and O–H groups in total. The van der Waals surface area contributed by atoms with E-state index in [2.05, 4.69) is 20.3 Å². The maximum Gasteiger partial charge on any atom is 0.258 e. The van der Waals surface area contributed by atoms with Crippen molar-refractivity contribution in [3.05, 3.63) is 66.7 Å². The summed E-state index contributed by atoms with van der Waals surface area (Å²) in [5, 5.41) is 3.41. The first-order valence-corrected chi connectivity index (χ1v) is 10.8. The van der Waals surface area contributed by atoms with Crippen LogP contribution in [0.5, 0.6) is 0 Å². The molecule has 2 amide bonds. The third-order valence-corrected chi connectivity index (χ3v) is 5.69. The zero-order valence-corrected chi connectivity index (χ0v) is 16.9. The van der Waals surface area contributed by atoms with Crippen LogP contribution in [0.3, 0.4) is 0 Å². The molecule has 0 spiro atoms. The van der Waals surface area contributed by atoms with Crippen LogP contribution in [0.2, 0.25) is 0 Å². The largest absolute Gasteiger partial charge is 0.304 e. The summed E-state index contributed by atoms with van der Waals surface area (Å²) in [5.74, 6) is -0.0933. The molecule has 1 aliphatic heterocycles. The van der Waals surface area contributed by atoms with Crippen LogP contribution in [0, 0.1) is 0 Å². The number of hydrogen-bond acceptors (Lipinski definition) is 6. The van der Waals surface area contributed by atoms with E-state index in [-0.39, 0.29) is 17.6 Å². The van der Waals surface area contributed by atoms with Crippen LogP contribution in [-0.2, 0) is 9.59 Å². The Morgan fingerprint density at radius 3 is 2.10 bits per heavy atom. The molecule has 8 heteroatoms. The van der Waals surface area contributed by atoms with E-state index in [4.69, 9.17) is 0 Å². The second-order valence-corrected chi connectivity index (χ2v) is 8.00. The average molecular weight is 421 g/mol. The van der Waals surface area contributed by atoms with Gasteiger partial charge in [0.2, 0.25) is 5.91 Å². The number of nitrogens with one attached hydrogen (secondary N) is 1. The van der Waals surface area contributed by atoms with E-state index < -0.39 is 0 Å². The summed E-state index contributed by atoms with van der Waals surface area (Å²) in [5.41, 5.74) is 3.54. The van der Waals surface area contributed by atoms with E-state index in [1.165, 1.54) is 23.5 Å². The maximum atomic E-state index is 12.2. The first-order valence-electron chi connectivity index (χ1n) is 8.84. The third kappa shape index (κ3) is 5.10. The topological polar surface area (TPSA) is 84.3 Å². The lowest BCUT2D eigenvalue weighted by Crippen LogP contribution is -2.21. The van der Waals surface area contributed by atoms with E-state index in [0.29, 0.717) is 16.1 Å². The van der Waals surface area contributed by atoms with Crippen molar-refractivity contribution in [2.45, 2.75) is 5.16 Å². The monoisotopic (exact) mass is 420 g/mol. The van der Waals surface area contributed by atoms with Crippen LogP contribution < -0.4 is 5.32 Å². The molecule has 0 bridgehead atoms. The van der Waals surface area contributed by atoms with Gasteiger partial charge in [-0.3, -0.25) is 9.59 Å². The fourth-order valence-electron chi connectivity index (χ4n) is 2.66. The van der Waals surface area contributed by atoms with Gasteiger partial charge in [0.15, 0.2) is 10.3 Å². The van der Waals surface area contributed by atoms with E-state index in [0.717, 1.165) is 22.5 Å². The number of thioether (sulfide) groups is 2. The molecule has 3 aromatic rings. The highest BCUT2D eigenvalue weighted by molar-refractivity contribution is 8.15. The van der Waals surface area contributed by atoms with Crippen molar-refractivity contribution in [1.82, 2.24) is 15.3 Å². The first-order chi connectivity index (χ1) is 14.2. The number of aliphatic imine (C=N–C) groups is 1. The summed E-state index contributed by atoms with van der Waals surface area (Å²) in [6, 6.07) is 21.6. The van der Waals surface area contributed by atoms with Gasteiger partial charge in [0.25, 0.3) is 5.91 Å². The Morgan fingerprint density at radius 1 is 1.00 bits per heavy atom.